The number of hydrogen-bond donors (Lipinski definition) is 3. The zero-order chi connectivity index (χ0) is 31.6. The van der Waals surface area contributed by atoms with Crippen molar-refractivity contribution in [3.63, 3.8) is 0 Å². The molecule has 0 aromatic carbocycles. The zero-order valence-electron chi connectivity index (χ0n) is 29.0. The fourth-order valence-corrected chi connectivity index (χ4v) is 5.88. The van der Waals surface area contributed by atoms with Crippen LogP contribution in [0.4, 0.5) is 0 Å². The van der Waals surface area contributed by atoms with E-state index in [4.69, 9.17) is 24.0 Å². The van der Waals surface area contributed by atoms with Crippen molar-refractivity contribution >= 4 is 45.6 Å². The van der Waals surface area contributed by atoms with Gasteiger partial charge in [0.15, 0.2) is 0 Å². The van der Waals surface area contributed by atoms with Gasteiger partial charge in [-0.3, -0.25) is 0 Å². The normalized spacial score (nSPS) is 11.6. The van der Waals surface area contributed by atoms with Crippen LogP contribution in [0.3, 0.4) is 0 Å². The van der Waals surface area contributed by atoms with Crippen LogP contribution in [0.5, 0.6) is 0 Å². The van der Waals surface area contributed by atoms with Crippen LogP contribution in [0.25, 0.3) is 0 Å². The van der Waals surface area contributed by atoms with Crippen LogP contribution in [-0.4, -0.2) is 65.6 Å². The average molecular weight is 663 g/mol. The third-order valence-electron chi connectivity index (χ3n) is 8.57. The first kappa shape index (κ1) is 48.7. The Morgan fingerprint density at radius 3 is 0.814 bits per heavy atom. The molecule has 0 fully saturated rings. The molecule has 7 heteroatoms. The SMILES string of the molecule is CCCCCCCCC(CCCCCCCC)COCC(CCCCCCCC)CCCCCCCC.O=P(O)(O)O.[CaH2]. The summed E-state index contributed by atoms with van der Waals surface area (Å²) in [6.45, 7) is 11.3. The number of unbranched alkanes of at least 4 members (excludes halogenated alkanes) is 20. The van der Waals surface area contributed by atoms with E-state index in [0.29, 0.717) is 0 Å². The van der Waals surface area contributed by atoms with Crippen molar-refractivity contribution in [1.29, 1.82) is 0 Å². The molecule has 0 aliphatic heterocycles. The summed E-state index contributed by atoms with van der Waals surface area (Å²) in [6.07, 6.45) is 39.7. The van der Waals surface area contributed by atoms with E-state index in [1.165, 1.54) is 180 Å². The van der Waals surface area contributed by atoms with Crippen LogP contribution in [-0.2, 0) is 9.30 Å². The molecule has 0 amide bonds. The van der Waals surface area contributed by atoms with Gasteiger partial charge >= 0.3 is 45.6 Å². The summed E-state index contributed by atoms with van der Waals surface area (Å²) < 4.78 is 15.4. The van der Waals surface area contributed by atoms with Gasteiger partial charge in [0.25, 0.3) is 0 Å². The molecule has 260 valence electrons. The summed E-state index contributed by atoms with van der Waals surface area (Å²) in [5, 5.41) is 0. The Labute approximate surface area is 300 Å². The molecule has 0 saturated carbocycles. The van der Waals surface area contributed by atoms with Crippen molar-refractivity contribution < 1.29 is 24.0 Å². The fraction of sp³-hybridized carbons (Fsp3) is 1.00. The van der Waals surface area contributed by atoms with E-state index in [1.807, 2.05) is 0 Å². The van der Waals surface area contributed by atoms with Gasteiger partial charge in [-0.15, -0.1) is 0 Å². The first-order valence-corrected chi connectivity index (χ1v) is 20.2. The molecular formula is C36H79CaO5P. The number of hydrogen-bond acceptors (Lipinski definition) is 2. The second-order valence-electron chi connectivity index (χ2n) is 13.0. The molecule has 0 atom stereocenters. The molecule has 0 aromatic heterocycles. The Hall–Kier alpha value is 1.33. The van der Waals surface area contributed by atoms with E-state index in [2.05, 4.69) is 27.7 Å². The maximum absolute atomic E-state index is 8.88. The Balaban J connectivity index is -0.00000244. The van der Waals surface area contributed by atoms with Gasteiger partial charge in [-0.25, -0.2) is 4.57 Å². The minimum atomic E-state index is -4.64. The molecule has 0 bridgehead atoms. The summed E-state index contributed by atoms with van der Waals surface area (Å²) >= 11 is 0. The Morgan fingerprint density at radius 2 is 0.605 bits per heavy atom. The molecule has 43 heavy (non-hydrogen) atoms. The van der Waals surface area contributed by atoms with Crippen LogP contribution in [0.2, 0.25) is 0 Å². The van der Waals surface area contributed by atoms with Gasteiger partial charge in [-0.1, -0.05) is 182 Å². The second kappa shape index (κ2) is 39.5. The first-order valence-electron chi connectivity index (χ1n) is 18.6. The van der Waals surface area contributed by atoms with Crippen molar-refractivity contribution in [3.05, 3.63) is 0 Å². The van der Waals surface area contributed by atoms with Crippen molar-refractivity contribution in [2.75, 3.05) is 13.2 Å². The molecule has 0 saturated heterocycles. The number of rotatable bonds is 32. The molecular weight excluding hydrogens is 583 g/mol. The van der Waals surface area contributed by atoms with Crippen molar-refractivity contribution in [1.82, 2.24) is 0 Å². The third kappa shape index (κ3) is 47.8. The van der Waals surface area contributed by atoms with Crippen LogP contribution in [0, 0.1) is 11.8 Å². The van der Waals surface area contributed by atoms with Gasteiger partial charge in [-0.2, -0.15) is 0 Å². The molecule has 0 aliphatic rings. The summed E-state index contributed by atoms with van der Waals surface area (Å²) in [7, 11) is -4.64. The number of phosphoric acid groups is 1. The van der Waals surface area contributed by atoms with Crippen molar-refractivity contribution in [3.8, 4) is 0 Å². The van der Waals surface area contributed by atoms with Crippen LogP contribution >= 0.6 is 7.82 Å². The van der Waals surface area contributed by atoms with E-state index in [0.717, 1.165) is 25.0 Å². The molecule has 0 spiro atoms. The molecule has 3 N–H and O–H groups in total. The molecule has 0 rings (SSSR count). The van der Waals surface area contributed by atoms with E-state index in [1.54, 1.807) is 0 Å². The van der Waals surface area contributed by atoms with Crippen LogP contribution in [0.1, 0.15) is 207 Å². The van der Waals surface area contributed by atoms with Gasteiger partial charge in [-0.05, 0) is 37.5 Å². The van der Waals surface area contributed by atoms with Gasteiger partial charge in [0.05, 0.1) is 0 Å². The van der Waals surface area contributed by atoms with Gasteiger partial charge < -0.3 is 19.4 Å². The second-order valence-corrected chi connectivity index (χ2v) is 14.0. The minimum absolute atomic E-state index is 0. The summed E-state index contributed by atoms with van der Waals surface area (Å²) in [5.41, 5.74) is 0. The van der Waals surface area contributed by atoms with Gasteiger partial charge in [0.2, 0.25) is 0 Å². The quantitative estimate of drug-likeness (QED) is 0.0379. The van der Waals surface area contributed by atoms with Gasteiger partial charge in [0.1, 0.15) is 0 Å². The summed E-state index contributed by atoms with van der Waals surface area (Å²) in [4.78, 5) is 21.6. The molecule has 0 unspecified atom stereocenters. The monoisotopic (exact) mass is 663 g/mol. The predicted molar refractivity (Wildman–Crippen MR) is 193 cm³/mol. The molecule has 0 radical (unpaired) electrons. The van der Waals surface area contributed by atoms with E-state index in [9.17, 15) is 0 Å². The van der Waals surface area contributed by atoms with Crippen molar-refractivity contribution in [2.45, 2.75) is 207 Å². The topological polar surface area (TPSA) is 87.0 Å². The first-order chi connectivity index (χ1) is 20.3. The third-order valence-corrected chi connectivity index (χ3v) is 8.57. The number of ether oxygens (including phenoxy) is 1. The Kier molecular flexibility index (Phi) is 44.8. The van der Waals surface area contributed by atoms with E-state index < -0.39 is 7.82 Å². The molecule has 0 heterocycles. The van der Waals surface area contributed by atoms with E-state index in [-0.39, 0.29) is 37.7 Å². The molecule has 0 aromatic rings. The van der Waals surface area contributed by atoms with E-state index >= 15 is 0 Å². The van der Waals surface area contributed by atoms with Crippen LogP contribution in [0.15, 0.2) is 0 Å². The Morgan fingerprint density at radius 1 is 0.419 bits per heavy atom. The maximum atomic E-state index is 8.88. The van der Waals surface area contributed by atoms with Crippen LogP contribution < -0.4 is 0 Å². The Bertz CT molecular complexity index is 469. The van der Waals surface area contributed by atoms with Gasteiger partial charge in [0, 0.05) is 13.2 Å². The predicted octanol–water partition coefficient (Wildman–Crippen LogP) is 11.4. The standard InChI is InChI=1S/C36H74O.Ca.H3O4P.2H/c1-5-9-13-17-21-25-29-35(30-26-22-18-14-10-6-2)33-37-34-36(31-27-23-19-15-11-7-3)32-28-24-20-16-12-8-4;;1-5(2,3)4;;/h35-36H,5-34H2,1-4H3;;(H3,1,2,3,4);;. The fourth-order valence-electron chi connectivity index (χ4n) is 5.88. The summed E-state index contributed by atoms with van der Waals surface area (Å²) in [6, 6.07) is 0. The molecule has 5 nitrogen and oxygen atoms in total. The molecule has 0 aliphatic carbocycles. The summed E-state index contributed by atoms with van der Waals surface area (Å²) in [5.74, 6) is 1.61. The average Bonchev–Trinajstić information content (AvgIpc) is 2.94. The zero-order valence-corrected chi connectivity index (χ0v) is 29.9. The van der Waals surface area contributed by atoms with Crippen molar-refractivity contribution in [2.24, 2.45) is 11.8 Å².